The van der Waals surface area contributed by atoms with E-state index in [0.29, 0.717) is 6.54 Å². The van der Waals surface area contributed by atoms with Gasteiger partial charge in [-0.25, -0.2) is 0 Å². The summed E-state index contributed by atoms with van der Waals surface area (Å²) in [4.78, 5) is 0. The summed E-state index contributed by atoms with van der Waals surface area (Å²) in [6.07, 6.45) is 13.5. The van der Waals surface area contributed by atoms with E-state index in [0.717, 1.165) is 22.4 Å². The first-order valence-electron chi connectivity index (χ1n) is 7.01. The van der Waals surface area contributed by atoms with Crippen molar-refractivity contribution in [3.8, 4) is 0 Å². The number of hydrogen-bond acceptors (Lipinski definition) is 1. The summed E-state index contributed by atoms with van der Waals surface area (Å²) in [5, 5.41) is 3.30. The number of nitrogens with one attached hydrogen (secondary N) is 1. The van der Waals surface area contributed by atoms with Crippen molar-refractivity contribution in [1.82, 2.24) is 5.32 Å². The normalized spacial score (nSPS) is 13.7. The van der Waals surface area contributed by atoms with Crippen LogP contribution < -0.4 is 5.32 Å². The smallest absolute Gasteiger partial charge is 0.0400 e. The van der Waals surface area contributed by atoms with Crippen LogP contribution in [0.5, 0.6) is 0 Å². The highest BCUT2D eigenvalue weighted by molar-refractivity contribution is 5.45. The van der Waals surface area contributed by atoms with Gasteiger partial charge in [-0.3, -0.25) is 0 Å². The fraction of sp³-hybridized carbons (Fsp3) is 0.200. The summed E-state index contributed by atoms with van der Waals surface area (Å²) in [6, 6.07) is 0. The summed E-state index contributed by atoms with van der Waals surface area (Å²) in [5.74, 6) is 0. The lowest BCUT2D eigenvalue weighted by atomic mass is 10.0. The predicted octanol–water partition coefficient (Wildman–Crippen LogP) is 5.41. The summed E-state index contributed by atoms with van der Waals surface area (Å²) < 4.78 is 0. The minimum absolute atomic E-state index is 0.683. The molecule has 0 aromatic carbocycles. The molecule has 0 aliphatic rings. The van der Waals surface area contributed by atoms with Crippen LogP contribution in [0.15, 0.2) is 96.8 Å². The average Bonchev–Trinajstić information content (AvgIpc) is 2.49. The molecule has 1 heteroatoms. The Morgan fingerprint density at radius 1 is 1.00 bits per heavy atom. The van der Waals surface area contributed by atoms with Gasteiger partial charge in [-0.15, -0.1) is 0 Å². The van der Waals surface area contributed by atoms with Crippen LogP contribution in [-0.4, -0.2) is 6.54 Å². The van der Waals surface area contributed by atoms with E-state index in [1.165, 1.54) is 5.57 Å². The lowest BCUT2D eigenvalue weighted by molar-refractivity contribution is 0.896. The molecule has 21 heavy (non-hydrogen) atoms. The molecule has 0 aromatic rings. The van der Waals surface area contributed by atoms with Gasteiger partial charge < -0.3 is 5.32 Å². The Morgan fingerprint density at radius 2 is 1.62 bits per heavy atom. The lowest BCUT2D eigenvalue weighted by Crippen LogP contribution is -2.16. The van der Waals surface area contributed by atoms with E-state index in [4.69, 9.17) is 0 Å². The van der Waals surface area contributed by atoms with Gasteiger partial charge in [0.15, 0.2) is 0 Å². The Bertz CT molecular complexity index is 522. The minimum Gasteiger partial charge on any atom is -0.381 e. The molecule has 1 nitrogen and oxygen atoms in total. The van der Waals surface area contributed by atoms with Crippen molar-refractivity contribution in [2.45, 2.75) is 20.8 Å². The van der Waals surface area contributed by atoms with Gasteiger partial charge in [0.05, 0.1) is 0 Å². The highest BCUT2D eigenvalue weighted by Crippen LogP contribution is 2.16. The van der Waals surface area contributed by atoms with Crippen molar-refractivity contribution < 1.29 is 0 Å². The van der Waals surface area contributed by atoms with Crippen LogP contribution in [0.3, 0.4) is 0 Å². The molecule has 0 fully saturated rings. The van der Waals surface area contributed by atoms with E-state index in [9.17, 15) is 0 Å². The maximum absolute atomic E-state index is 4.08. The van der Waals surface area contributed by atoms with Gasteiger partial charge in [-0.05, 0) is 49.1 Å². The number of allylic oxidation sites excluding steroid dienone is 9. The molecule has 0 aromatic heterocycles. The van der Waals surface area contributed by atoms with E-state index in [1.807, 2.05) is 32.1 Å². The van der Waals surface area contributed by atoms with Crippen molar-refractivity contribution in [3.05, 3.63) is 96.8 Å². The lowest BCUT2D eigenvalue weighted by Gasteiger charge is -2.12. The standard InChI is InChI=1S/C20H27N/c1-8-12-19(11-4)15-21-18(7)17(6)14-20(13-9-2)16(5)10-3/h8-14,21H,1-2,4,7,15H2,3,5-6H3/b16-10-,17-14+,19-12+,20-13-. The van der Waals surface area contributed by atoms with Crippen LogP contribution in [0.25, 0.3) is 0 Å². The maximum atomic E-state index is 4.08. The summed E-state index contributed by atoms with van der Waals surface area (Å²) in [5.41, 5.74) is 5.40. The second-order valence-corrected chi connectivity index (χ2v) is 4.67. The Labute approximate surface area is 130 Å². The van der Waals surface area contributed by atoms with Crippen LogP contribution in [0.2, 0.25) is 0 Å². The molecule has 0 unspecified atom stereocenters. The zero-order valence-corrected chi connectivity index (χ0v) is 13.6. The van der Waals surface area contributed by atoms with Crippen LogP contribution in [0.4, 0.5) is 0 Å². The van der Waals surface area contributed by atoms with Crippen LogP contribution in [-0.2, 0) is 0 Å². The second kappa shape index (κ2) is 10.5. The fourth-order valence-electron chi connectivity index (χ4n) is 1.61. The molecule has 0 amide bonds. The largest absolute Gasteiger partial charge is 0.381 e. The first-order chi connectivity index (χ1) is 9.99. The summed E-state index contributed by atoms with van der Waals surface area (Å²) in [7, 11) is 0. The summed E-state index contributed by atoms with van der Waals surface area (Å²) >= 11 is 0. The molecule has 0 rings (SSSR count). The molecule has 0 saturated heterocycles. The minimum atomic E-state index is 0.683. The van der Waals surface area contributed by atoms with E-state index in [1.54, 1.807) is 12.2 Å². The zero-order valence-electron chi connectivity index (χ0n) is 13.6. The molecule has 0 radical (unpaired) electrons. The molecule has 0 aliphatic carbocycles. The van der Waals surface area contributed by atoms with Crippen molar-refractivity contribution in [2.75, 3.05) is 6.54 Å². The molecule has 1 N–H and O–H groups in total. The van der Waals surface area contributed by atoms with Gasteiger partial charge in [-0.2, -0.15) is 0 Å². The Hall–Kier alpha value is -2.28. The van der Waals surface area contributed by atoms with Crippen molar-refractivity contribution in [2.24, 2.45) is 0 Å². The second-order valence-electron chi connectivity index (χ2n) is 4.67. The van der Waals surface area contributed by atoms with Gasteiger partial charge in [-0.1, -0.05) is 62.8 Å². The van der Waals surface area contributed by atoms with E-state index in [2.05, 4.69) is 50.7 Å². The summed E-state index contributed by atoms with van der Waals surface area (Å²) in [6.45, 7) is 22.1. The highest BCUT2D eigenvalue weighted by atomic mass is 14.9. The van der Waals surface area contributed by atoms with Crippen LogP contribution >= 0.6 is 0 Å². The molecular formula is C20H27N. The van der Waals surface area contributed by atoms with Crippen molar-refractivity contribution in [1.29, 1.82) is 0 Å². The number of hydrogen-bond donors (Lipinski definition) is 1. The van der Waals surface area contributed by atoms with E-state index in [-0.39, 0.29) is 0 Å². The van der Waals surface area contributed by atoms with Crippen LogP contribution in [0.1, 0.15) is 20.8 Å². The van der Waals surface area contributed by atoms with E-state index < -0.39 is 0 Å². The average molecular weight is 281 g/mol. The maximum Gasteiger partial charge on any atom is 0.0400 e. The topological polar surface area (TPSA) is 12.0 Å². The zero-order chi connectivity index (χ0) is 16.3. The molecule has 0 spiro atoms. The van der Waals surface area contributed by atoms with Crippen LogP contribution in [0, 0.1) is 0 Å². The molecule has 0 saturated carbocycles. The SMILES string of the molecule is C=C/C=C(/C=C(\C)C(=C)NC/C(C=C)=C/C=C)C(\C)=C/C. The Morgan fingerprint density at radius 3 is 2.10 bits per heavy atom. The van der Waals surface area contributed by atoms with Crippen molar-refractivity contribution in [3.63, 3.8) is 0 Å². The first kappa shape index (κ1) is 18.7. The third-order valence-corrected chi connectivity index (χ3v) is 3.13. The predicted molar refractivity (Wildman–Crippen MR) is 97.1 cm³/mol. The van der Waals surface area contributed by atoms with Gasteiger partial charge in [0.1, 0.15) is 0 Å². The number of rotatable bonds is 9. The molecule has 112 valence electrons. The fourth-order valence-corrected chi connectivity index (χ4v) is 1.61. The Kier molecular flexibility index (Phi) is 9.36. The monoisotopic (exact) mass is 281 g/mol. The van der Waals surface area contributed by atoms with E-state index >= 15 is 0 Å². The third kappa shape index (κ3) is 7.17. The molecule has 0 bridgehead atoms. The molecule has 0 heterocycles. The molecule has 0 atom stereocenters. The van der Waals surface area contributed by atoms with Gasteiger partial charge in [0.25, 0.3) is 0 Å². The molecular weight excluding hydrogens is 254 g/mol. The van der Waals surface area contributed by atoms with Crippen molar-refractivity contribution >= 4 is 0 Å². The quantitative estimate of drug-likeness (QED) is 0.557. The Balaban J connectivity index is 4.98. The molecule has 0 aliphatic heterocycles. The van der Waals surface area contributed by atoms with Gasteiger partial charge in [0, 0.05) is 12.2 Å². The first-order valence-corrected chi connectivity index (χ1v) is 7.01. The third-order valence-electron chi connectivity index (χ3n) is 3.13. The van der Waals surface area contributed by atoms with Gasteiger partial charge in [0.2, 0.25) is 0 Å². The van der Waals surface area contributed by atoms with Gasteiger partial charge >= 0.3 is 0 Å². The highest BCUT2D eigenvalue weighted by Gasteiger charge is 2.00.